The fourth-order valence-corrected chi connectivity index (χ4v) is 3.51. The van der Waals surface area contributed by atoms with Gasteiger partial charge in [0.2, 0.25) is 0 Å². The molecule has 0 bridgehead atoms. The summed E-state index contributed by atoms with van der Waals surface area (Å²) in [6.45, 7) is 1.30. The van der Waals surface area contributed by atoms with Gasteiger partial charge in [-0.05, 0) is 56.1 Å². The zero-order chi connectivity index (χ0) is 10.8. The molecule has 16 heavy (non-hydrogen) atoms. The largest absolute Gasteiger partial charge is 0.351 e. The van der Waals surface area contributed by atoms with Crippen LogP contribution in [-0.2, 0) is 19.4 Å². The van der Waals surface area contributed by atoms with Crippen LogP contribution in [0.2, 0.25) is 0 Å². The van der Waals surface area contributed by atoms with E-state index in [4.69, 9.17) is 0 Å². The number of aryl methyl sites for hydroxylation is 1. The van der Waals surface area contributed by atoms with E-state index in [2.05, 4.69) is 16.8 Å². The SMILES string of the molecule is c1cn(CC2CCCCC2)c2c1CCCC2. The van der Waals surface area contributed by atoms with Crippen molar-refractivity contribution in [2.75, 3.05) is 0 Å². The molecule has 0 unspecified atom stereocenters. The number of hydrogen-bond acceptors (Lipinski definition) is 0. The minimum atomic E-state index is 0.965. The first-order chi connectivity index (χ1) is 7.93. The van der Waals surface area contributed by atoms with E-state index >= 15 is 0 Å². The molecule has 0 amide bonds. The third-order valence-corrected chi connectivity index (χ3v) is 4.46. The Morgan fingerprint density at radius 1 is 1.00 bits per heavy atom. The van der Waals surface area contributed by atoms with E-state index in [0.717, 1.165) is 5.92 Å². The van der Waals surface area contributed by atoms with Crippen molar-refractivity contribution >= 4 is 0 Å². The zero-order valence-electron chi connectivity index (χ0n) is 10.3. The fourth-order valence-electron chi connectivity index (χ4n) is 3.51. The van der Waals surface area contributed by atoms with Gasteiger partial charge in [-0.25, -0.2) is 0 Å². The fraction of sp³-hybridized carbons (Fsp3) is 0.733. The molecule has 0 N–H and O–H groups in total. The second kappa shape index (κ2) is 4.65. The number of nitrogens with zero attached hydrogens (tertiary/aromatic N) is 1. The average Bonchev–Trinajstić information content (AvgIpc) is 2.74. The van der Waals surface area contributed by atoms with Gasteiger partial charge in [0.05, 0.1) is 0 Å². The molecule has 0 spiro atoms. The van der Waals surface area contributed by atoms with Gasteiger partial charge in [-0.1, -0.05) is 19.3 Å². The van der Waals surface area contributed by atoms with E-state index in [0.29, 0.717) is 0 Å². The Balaban J connectivity index is 1.71. The van der Waals surface area contributed by atoms with Crippen LogP contribution < -0.4 is 0 Å². The van der Waals surface area contributed by atoms with E-state index < -0.39 is 0 Å². The third-order valence-electron chi connectivity index (χ3n) is 4.46. The maximum Gasteiger partial charge on any atom is 0.0250 e. The molecule has 0 radical (unpaired) electrons. The van der Waals surface area contributed by atoms with E-state index in [1.54, 1.807) is 11.3 Å². The van der Waals surface area contributed by atoms with E-state index in [1.807, 2.05) is 0 Å². The highest BCUT2D eigenvalue weighted by Gasteiger charge is 2.18. The predicted octanol–water partition coefficient (Wildman–Crippen LogP) is 3.95. The maximum absolute atomic E-state index is 2.57. The van der Waals surface area contributed by atoms with Crippen molar-refractivity contribution in [1.29, 1.82) is 0 Å². The Labute approximate surface area is 98.9 Å². The molecular formula is C15H23N. The third kappa shape index (κ3) is 2.05. The molecule has 1 nitrogen and oxygen atoms in total. The molecule has 0 atom stereocenters. The van der Waals surface area contributed by atoms with E-state index in [-0.39, 0.29) is 0 Å². The van der Waals surface area contributed by atoms with Crippen molar-refractivity contribution in [3.8, 4) is 0 Å². The van der Waals surface area contributed by atoms with Gasteiger partial charge in [0.25, 0.3) is 0 Å². The Bertz CT molecular complexity index is 344. The molecule has 1 aromatic rings. The van der Waals surface area contributed by atoms with Gasteiger partial charge in [0.1, 0.15) is 0 Å². The number of aromatic nitrogens is 1. The standard InChI is InChI=1S/C15H23N/c1-2-6-13(7-3-1)12-16-11-10-14-8-4-5-9-15(14)16/h10-11,13H,1-9,12H2. The summed E-state index contributed by atoms with van der Waals surface area (Å²) in [6, 6.07) is 2.37. The van der Waals surface area contributed by atoms with Crippen LogP contribution in [-0.4, -0.2) is 4.57 Å². The second-order valence-corrected chi connectivity index (χ2v) is 5.65. The number of hydrogen-bond donors (Lipinski definition) is 0. The summed E-state index contributed by atoms with van der Waals surface area (Å²) in [6.07, 6.45) is 15.2. The van der Waals surface area contributed by atoms with Gasteiger partial charge < -0.3 is 4.57 Å². The lowest BCUT2D eigenvalue weighted by Gasteiger charge is -2.24. The highest BCUT2D eigenvalue weighted by atomic mass is 15.0. The van der Waals surface area contributed by atoms with Crippen molar-refractivity contribution in [2.45, 2.75) is 64.3 Å². The first-order valence-electron chi connectivity index (χ1n) is 7.10. The molecule has 88 valence electrons. The summed E-state index contributed by atoms with van der Waals surface area (Å²) in [4.78, 5) is 0. The smallest absolute Gasteiger partial charge is 0.0250 e. The lowest BCUT2D eigenvalue weighted by Crippen LogP contribution is -2.16. The van der Waals surface area contributed by atoms with Crippen LogP contribution in [0, 0.1) is 5.92 Å². The molecule has 1 aromatic heterocycles. The maximum atomic E-state index is 2.57. The van der Waals surface area contributed by atoms with Crippen LogP contribution in [0.5, 0.6) is 0 Å². The van der Waals surface area contributed by atoms with Gasteiger partial charge in [-0.2, -0.15) is 0 Å². The van der Waals surface area contributed by atoms with Gasteiger partial charge >= 0.3 is 0 Å². The number of rotatable bonds is 2. The van der Waals surface area contributed by atoms with Crippen LogP contribution in [0.25, 0.3) is 0 Å². The summed E-state index contributed by atoms with van der Waals surface area (Å²) in [5.74, 6) is 0.965. The first-order valence-corrected chi connectivity index (χ1v) is 7.10. The van der Waals surface area contributed by atoms with Crippen molar-refractivity contribution in [1.82, 2.24) is 4.57 Å². The molecule has 1 heteroatoms. The van der Waals surface area contributed by atoms with Gasteiger partial charge in [-0.3, -0.25) is 0 Å². The quantitative estimate of drug-likeness (QED) is 0.707. The second-order valence-electron chi connectivity index (χ2n) is 5.65. The van der Waals surface area contributed by atoms with E-state index in [1.165, 1.54) is 64.3 Å². The molecule has 2 aliphatic rings. The molecule has 1 saturated carbocycles. The summed E-state index contributed by atoms with van der Waals surface area (Å²) in [5.41, 5.74) is 3.30. The predicted molar refractivity (Wildman–Crippen MR) is 67.6 cm³/mol. The van der Waals surface area contributed by atoms with Gasteiger partial charge in [0, 0.05) is 18.4 Å². The highest BCUT2D eigenvalue weighted by Crippen LogP contribution is 2.28. The van der Waals surface area contributed by atoms with Crippen molar-refractivity contribution in [2.24, 2.45) is 5.92 Å². The van der Waals surface area contributed by atoms with Crippen LogP contribution in [0.1, 0.15) is 56.2 Å². The Morgan fingerprint density at radius 2 is 1.81 bits per heavy atom. The summed E-state index contributed by atoms with van der Waals surface area (Å²) in [5, 5.41) is 0. The minimum absolute atomic E-state index is 0.965. The van der Waals surface area contributed by atoms with Crippen molar-refractivity contribution < 1.29 is 0 Å². The number of fused-ring (bicyclic) bond motifs is 1. The molecule has 0 aromatic carbocycles. The Hall–Kier alpha value is -0.720. The lowest BCUT2D eigenvalue weighted by atomic mass is 9.89. The summed E-state index contributed by atoms with van der Waals surface area (Å²) < 4.78 is 2.57. The van der Waals surface area contributed by atoms with Crippen LogP contribution in [0.4, 0.5) is 0 Å². The van der Waals surface area contributed by atoms with Gasteiger partial charge in [0.15, 0.2) is 0 Å². The summed E-state index contributed by atoms with van der Waals surface area (Å²) in [7, 11) is 0. The summed E-state index contributed by atoms with van der Waals surface area (Å²) >= 11 is 0. The molecule has 3 rings (SSSR count). The lowest BCUT2D eigenvalue weighted by molar-refractivity contribution is 0.315. The van der Waals surface area contributed by atoms with E-state index in [9.17, 15) is 0 Å². The van der Waals surface area contributed by atoms with Crippen LogP contribution in [0.15, 0.2) is 12.3 Å². The Kier molecular flexibility index (Phi) is 3.03. The molecule has 0 saturated heterocycles. The monoisotopic (exact) mass is 217 g/mol. The van der Waals surface area contributed by atoms with Crippen LogP contribution in [0.3, 0.4) is 0 Å². The normalized spacial score (nSPS) is 22.0. The van der Waals surface area contributed by atoms with Gasteiger partial charge in [-0.15, -0.1) is 0 Å². The van der Waals surface area contributed by atoms with Crippen LogP contribution >= 0.6 is 0 Å². The molecule has 1 heterocycles. The average molecular weight is 217 g/mol. The first kappa shape index (κ1) is 10.4. The molecule has 1 fully saturated rings. The molecular weight excluding hydrogens is 194 g/mol. The minimum Gasteiger partial charge on any atom is -0.351 e. The topological polar surface area (TPSA) is 4.93 Å². The molecule has 2 aliphatic carbocycles. The highest BCUT2D eigenvalue weighted by molar-refractivity contribution is 5.24. The Morgan fingerprint density at radius 3 is 2.69 bits per heavy atom. The van der Waals surface area contributed by atoms with Crippen molar-refractivity contribution in [3.63, 3.8) is 0 Å². The van der Waals surface area contributed by atoms with Crippen molar-refractivity contribution in [3.05, 3.63) is 23.5 Å². The zero-order valence-corrected chi connectivity index (χ0v) is 10.3. The molecule has 0 aliphatic heterocycles.